The maximum Gasteiger partial charge on any atom is 0.318 e. The third kappa shape index (κ3) is 4.25. The monoisotopic (exact) mass is 366 g/mol. The van der Waals surface area contributed by atoms with Crippen molar-refractivity contribution < 1.29 is 24.6 Å². The van der Waals surface area contributed by atoms with Crippen LogP contribution in [0.5, 0.6) is 0 Å². The maximum absolute atomic E-state index is 12.7. The van der Waals surface area contributed by atoms with Gasteiger partial charge in [0.15, 0.2) is 0 Å². The zero-order chi connectivity index (χ0) is 19.4. The lowest BCUT2D eigenvalue weighted by atomic mass is 9.94. The second-order valence-electron chi connectivity index (χ2n) is 6.45. The Morgan fingerprint density at radius 3 is 2.26 bits per heavy atom. The Kier molecular flexibility index (Phi) is 5.40. The normalized spacial score (nSPS) is 16.9. The highest BCUT2D eigenvalue weighted by molar-refractivity contribution is 5.86. The van der Waals surface area contributed by atoms with E-state index >= 15 is 0 Å². The summed E-state index contributed by atoms with van der Waals surface area (Å²) in [6.07, 6.45) is 0.149. The van der Waals surface area contributed by atoms with E-state index in [0.29, 0.717) is 5.56 Å². The van der Waals surface area contributed by atoms with Crippen molar-refractivity contribution in [2.24, 2.45) is 0 Å². The number of fused-ring (bicyclic) bond motifs is 1. The van der Waals surface area contributed by atoms with Crippen LogP contribution in [0, 0.1) is 0 Å². The third-order valence-corrected chi connectivity index (χ3v) is 4.65. The Balaban J connectivity index is 1.78. The van der Waals surface area contributed by atoms with Gasteiger partial charge in [-0.2, -0.15) is 0 Å². The fourth-order valence-electron chi connectivity index (χ4n) is 3.22. The molecule has 1 N–H and O–H groups in total. The first-order chi connectivity index (χ1) is 13.0. The molecule has 0 unspecified atom stereocenters. The van der Waals surface area contributed by atoms with Crippen molar-refractivity contribution in [2.45, 2.75) is 31.5 Å². The van der Waals surface area contributed by atoms with E-state index < -0.39 is 30.1 Å². The molecule has 27 heavy (non-hydrogen) atoms. The van der Waals surface area contributed by atoms with Gasteiger partial charge in [-0.1, -0.05) is 54.6 Å². The second-order valence-corrected chi connectivity index (χ2v) is 6.45. The summed E-state index contributed by atoms with van der Waals surface area (Å²) in [7, 11) is 0. The Bertz CT molecular complexity index is 852. The van der Waals surface area contributed by atoms with Crippen molar-refractivity contribution in [2.75, 3.05) is 0 Å². The lowest BCUT2D eigenvalue weighted by Gasteiger charge is -2.38. The fraction of sp³-hybridized carbons (Fsp3) is 0.250. The highest BCUT2D eigenvalue weighted by atomic mass is 16.4. The number of rotatable bonds is 5. The van der Waals surface area contributed by atoms with Crippen LogP contribution in [0.1, 0.15) is 16.7 Å². The van der Waals surface area contributed by atoms with E-state index in [9.17, 15) is 24.6 Å². The molecule has 0 fully saturated rings. The number of carbonyl (C=O) groups is 3. The second kappa shape index (κ2) is 7.90. The molecule has 0 spiro atoms. The van der Waals surface area contributed by atoms with Gasteiger partial charge in [-0.05, 0) is 29.5 Å². The van der Waals surface area contributed by atoms with Crippen LogP contribution in [0.25, 0.3) is 0 Å². The third-order valence-electron chi connectivity index (χ3n) is 4.65. The predicted octanol–water partition coefficient (Wildman–Crippen LogP) is -0.766. The van der Waals surface area contributed by atoms with E-state index in [-0.39, 0.29) is 19.4 Å². The van der Waals surface area contributed by atoms with Crippen LogP contribution in [-0.2, 0) is 29.0 Å². The fourth-order valence-corrected chi connectivity index (χ4v) is 3.22. The molecule has 0 aromatic heterocycles. The highest BCUT2D eigenvalue weighted by Crippen LogP contribution is 2.23. The van der Waals surface area contributed by atoms with Crippen molar-refractivity contribution in [1.29, 1.82) is 0 Å². The number of aliphatic carboxylic acids is 2. The van der Waals surface area contributed by atoms with Gasteiger partial charge in [0.05, 0.1) is 24.0 Å². The quantitative estimate of drug-likeness (QED) is 0.747. The molecule has 1 aliphatic rings. The van der Waals surface area contributed by atoms with Gasteiger partial charge in [-0.3, -0.25) is 0 Å². The van der Waals surface area contributed by atoms with Gasteiger partial charge in [-0.25, -0.2) is 4.79 Å². The van der Waals surface area contributed by atoms with Gasteiger partial charge in [0.1, 0.15) is 0 Å². The highest BCUT2D eigenvalue weighted by Gasteiger charge is 2.31. The van der Waals surface area contributed by atoms with E-state index in [4.69, 9.17) is 0 Å². The van der Waals surface area contributed by atoms with Crippen LogP contribution in [0.2, 0.25) is 0 Å². The largest absolute Gasteiger partial charge is 0.548 e. The summed E-state index contributed by atoms with van der Waals surface area (Å²) in [5, 5.41) is 25.4. The summed E-state index contributed by atoms with van der Waals surface area (Å²) in [5.74, 6) is -2.82. The molecule has 0 bridgehead atoms. The lowest BCUT2D eigenvalue weighted by molar-refractivity contribution is -0.311. The lowest BCUT2D eigenvalue weighted by Crippen LogP contribution is -2.59. The first-order valence-electron chi connectivity index (χ1n) is 8.55. The Hall–Kier alpha value is -3.35. The zero-order valence-corrected chi connectivity index (χ0v) is 14.5. The molecule has 2 amide bonds. The zero-order valence-electron chi connectivity index (χ0n) is 14.5. The number of nitrogens with zero attached hydrogens (tertiary/aromatic N) is 1. The van der Waals surface area contributed by atoms with E-state index in [0.717, 1.165) is 16.0 Å². The average molecular weight is 366 g/mol. The Morgan fingerprint density at radius 1 is 1.00 bits per heavy atom. The first kappa shape index (κ1) is 18.4. The molecule has 2 atom stereocenters. The number of carboxylic acids is 2. The molecule has 0 saturated carbocycles. The van der Waals surface area contributed by atoms with E-state index in [1.54, 1.807) is 54.6 Å². The van der Waals surface area contributed by atoms with Crippen LogP contribution >= 0.6 is 0 Å². The van der Waals surface area contributed by atoms with Crippen LogP contribution in [0.15, 0.2) is 54.6 Å². The summed E-state index contributed by atoms with van der Waals surface area (Å²) < 4.78 is 0. The van der Waals surface area contributed by atoms with Crippen molar-refractivity contribution in [1.82, 2.24) is 10.2 Å². The standard InChI is InChI=1S/C20H20N2O5/c23-18(24)16(10-13-6-2-1-3-7-13)21-20(27)22-12-15-9-5-4-8-14(15)11-17(22)19(25)26/h1-9,16-17H,10-12H2,(H,21,27)(H,23,24)(H,25,26)/p-2/t16-,17-/m0/s1. The molecule has 2 aromatic rings. The van der Waals surface area contributed by atoms with E-state index in [2.05, 4.69) is 5.32 Å². The smallest absolute Gasteiger partial charge is 0.318 e. The van der Waals surface area contributed by atoms with Crippen molar-refractivity contribution in [3.63, 3.8) is 0 Å². The average Bonchev–Trinajstić information content (AvgIpc) is 2.67. The summed E-state index contributed by atoms with van der Waals surface area (Å²) in [5.41, 5.74) is 2.36. The number of benzene rings is 2. The number of carbonyl (C=O) groups excluding carboxylic acids is 3. The molecular weight excluding hydrogens is 348 g/mol. The minimum absolute atomic E-state index is 0.0370. The summed E-state index contributed by atoms with van der Waals surface area (Å²) in [6.45, 7) is 0.0613. The number of amides is 2. The van der Waals surface area contributed by atoms with Crippen LogP contribution < -0.4 is 15.5 Å². The molecule has 7 heteroatoms. The number of hydrogen-bond acceptors (Lipinski definition) is 5. The van der Waals surface area contributed by atoms with Crippen LogP contribution in [0.3, 0.4) is 0 Å². The number of urea groups is 1. The van der Waals surface area contributed by atoms with Gasteiger partial charge in [-0.15, -0.1) is 0 Å². The van der Waals surface area contributed by atoms with Gasteiger partial charge >= 0.3 is 6.03 Å². The molecular formula is C20H18N2O5-2. The van der Waals surface area contributed by atoms with Gasteiger partial charge < -0.3 is 30.0 Å². The number of nitrogens with one attached hydrogen (secondary N) is 1. The van der Waals surface area contributed by atoms with Crippen LogP contribution in [-0.4, -0.2) is 35.0 Å². The Labute approximate surface area is 156 Å². The minimum Gasteiger partial charge on any atom is -0.548 e. The van der Waals surface area contributed by atoms with Gasteiger partial charge in [0, 0.05) is 6.54 Å². The molecule has 2 aromatic carbocycles. The topological polar surface area (TPSA) is 113 Å². The molecule has 1 aliphatic heterocycles. The minimum atomic E-state index is -1.44. The Morgan fingerprint density at radius 2 is 1.63 bits per heavy atom. The van der Waals surface area contributed by atoms with Crippen molar-refractivity contribution in [3.05, 3.63) is 71.3 Å². The van der Waals surface area contributed by atoms with E-state index in [1.807, 2.05) is 0 Å². The van der Waals surface area contributed by atoms with Gasteiger partial charge in [0.25, 0.3) is 0 Å². The summed E-state index contributed by atoms with van der Waals surface area (Å²) in [6, 6.07) is 12.8. The molecule has 3 rings (SSSR count). The molecule has 7 nitrogen and oxygen atoms in total. The number of carboxylic acid groups (broad SMARTS) is 2. The predicted molar refractivity (Wildman–Crippen MR) is 92.0 cm³/mol. The molecule has 0 radical (unpaired) electrons. The molecule has 140 valence electrons. The van der Waals surface area contributed by atoms with Crippen LogP contribution in [0.4, 0.5) is 4.79 Å². The SMILES string of the molecule is O=C([O-])[C@H](Cc1ccccc1)NC(=O)N1Cc2ccccc2C[C@H]1C(=O)[O-]. The van der Waals surface area contributed by atoms with Crippen molar-refractivity contribution >= 4 is 18.0 Å². The summed E-state index contributed by atoms with van der Waals surface area (Å²) in [4.78, 5) is 36.7. The number of hydrogen-bond donors (Lipinski definition) is 1. The summed E-state index contributed by atoms with van der Waals surface area (Å²) >= 11 is 0. The maximum atomic E-state index is 12.7. The van der Waals surface area contributed by atoms with Gasteiger partial charge in [0.2, 0.25) is 0 Å². The molecule has 0 saturated heterocycles. The first-order valence-corrected chi connectivity index (χ1v) is 8.55. The van der Waals surface area contributed by atoms with Crippen molar-refractivity contribution in [3.8, 4) is 0 Å². The molecule has 0 aliphatic carbocycles. The van der Waals surface area contributed by atoms with E-state index in [1.165, 1.54) is 0 Å². The molecule has 1 heterocycles.